The van der Waals surface area contributed by atoms with Gasteiger partial charge in [-0.15, -0.1) is 0 Å². The van der Waals surface area contributed by atoms with Crippen molar-refractivity contribution in [3.8, 4) is 11.5 Å². The van der Waals surface area contributed by atoms with Gasteiger partial charge < -0.3 is 19.5 Å². The van der Waals surface area contributed by atoms with Crippen LogP contribution in [0, 0.1) is 0 Å². The number of amides is 1. The predicted molar refractivity (Wildman–Crippen MR) is 96.3 cm³/mol. The van der Waals surface area contributed by atoms with Gasteiger partial charge in [-0.3, -0.25) is 9.69 Å². The summed E-state index contributed by atoms with van der Waals surface area (Å²) in [5.41, 5.74) is 2.92. The largest absolute Gasteiger partial charge is 0.454 e. The van der Waals surface area contributed by atoms with Crippen molar-refractivity contribution < 1.29 is 19.0 Å². The van der Waals surface area contributed by atoms with Crippen molar-refractivity contribution in [2.24, 2.45) is 0 Å². The molecule has 1 saturated heterocycles. The summed E-state index contributed by atoms with van der Waals surface area (Å²) < 4.78 is 16.0. The highest BCUT2D eigenvalue weighted by Crippen LogP contribution is 2.32. The summed E-state index contributed by atoms with van der Waals surface area (Å²) in [6.45, 7) is 5.21. The van der Waals surface area contributed by atoms with Crippen LogP contribution in [0.4, 0.5) is 0 Å². The molecule has 2 aliphatic heterocycles. The van der Waals surface area contributed by atoms with Crippen LogP contribution in [-0.2, 0) is 17.8 Å². The second-order valence-corrected chi connectivity index (χ2v) is 6.46. The van der Waals surface area contributed by atoms with Gasteiger partial charge in [-0.2, -0.15) is 0 Å². The van der Waals surface area contributed by atoms with Crippen molar-refractivity contribution >= 4 is 5.91 Å². The average Bonchev–Trinajstić information content (AvgIpc) is 3.16. The monoisotopic (exact) mass is 354 g/mol. The second-order valence-electron chi connectivity index (χ2n) is 6.46. The van der Waals surface area contributed by atoms with Crippen molar-refractivity contribution in [2.45, 2.75) is 13.1 Å². The van der Waals surface area contributed by atoms with Crippen LogP contribution in [0.5, 0.6) is 11.5 Å². The van der Waals surface area contributed by atoms with Gasteiger partial charge in [0.05, 0.1) is 13.2 Å². The Balaban J connectivity index is 1.30. The van der Waals surface area contributed by atoms with Crippen LogP contribution < -0.4 is 14.8 Å². The van der Waals surface area contributed by atoms with Crippen LogP contribution in [0.15, 0.2) is 42.5 Å². The number of fused-ring (bicyclic) bond motifs is 1. The summed E-state index contributed by atoms with van der Waals surface area (Å²) in [5.74, 6) is 1.17. The van der Waals surface area contributed by atoms with Gasteiger partial charge in [0.1, 0.15) is 0 Å². The van der Waals surface area contributed by atoms with E-state index in [2.05, 4.69) is 34.5 Å². The number of carbonyl (C=O) groups is 1. The van der Waals surface area contributed by atoms with E-state index in [0.29, 0.717) is 23.6 Å². The number of nitrogens with one attached hydrogen (secondary N) is 1. The topological polar surface area (TPSA) is 60.0 Å². The molecule has 2 aliphatic rings. The Morgan fingerprint density at radius 2 is 1.69 bits per heavy atom. The Morgan fingerprint density at radius 3 is 2.50 bits per heavy atom. The normalized spacial score (nSPS) is 16.5. The maximum absolute atomic E-state index is 12.3. The van der Waals surface area contributed by atoms with Gasteiger partial charge in [-0.25, -0.2) is 0 Å². The Kier molecular flexibility index (Phi) is 5.04. The molecular weight excluding hydrogens is 332 g/mol. The van der Waals surface area contributed by atoms with E-state index in [-0.39, 0.29) is 12.7 Å². The number of carbonyl (C=O) groups excluding carboxylic acids is 1. The van der Waals surface area contributed by atoms with E-state index in [4.69, 9.17) is 14.2 Å². The van der Waals surface area contributed by atoms with Gasteiger partial charge in [0.15, 0.2) is 11.5 Å². The molecule has 0 spiro atoms. The van der Waals surface area contributed by atoms with E-state index in [9.17, 15) is 4.79 Å². The Morgan fingerprint density at radius 1 is 0.962 bits per heavy atom. The smallest absolute Gasteiger partial charge is 0.251 e. The van der Waals surface area contributed by atoms with Crippen LogP contribution >= 0.6 is 0 Å². The second kappa shape index (κ2) is 7.76. The summed E-state index contributed by atoms with van der Waals surface area (Å²) >= 11 is 0. The van der Waals surface area contributed by atoms with Crippen LogP contribution in [-0.4, -0.2) is 43.9 Å². The Bertz CT molecular complexity index is 770. The molecule has 2 aromatic rings. The van der Waals surface area contributed by atoms with E-state index in [1.54, 1.807) is 18.2 Å². The lowest BCUT2D eigenvalue weighted by atomic mass is 10.1. The van der Waals surface area contributed by atoms with Gasteiger partial charge in [0.25, 0.3) is 5.91 Å². The molecular formula is C20H22N2O4. The molecule has 0 bridgehead atoms. The molecule has 0 unspecified atom stereocenters. The first-order chi connectivity index (χ1) is 12.8. The molecule has 0 saturated carbocycles. The van der Waals surface area contributed by atoms with Gasteiger partial charge in [-0.05, 0) is 29.3 Å². The van der Waals surface area contributed by atoms with Crippen LogP contribution in [0.25, 0.3) is 0 Å². The third-order valence-corrected chi connectivity index (χ3v) is 4.62. The highest BCUT2D eigenvalue weighted by atomic mass is 16.7. The van der Waals surface area contributed by atoms with Crippen LogP contribution in [0.1, 0.15) is 21.5 Å². The molecule has 1 N–H and O–H groups in total. The maximum Gasteiger partial charge on any atom is 0.251 e. The summed E-state index contributed by atoms with van der Waals surface area (Å²) in [6.07, 6.45) is 0. The molecule has 0 aromatic heterocycles. The zero-order valence-electron chi connectivity index (χ0n) is 14.6. The number of hydrogen-bond acceptors (Lipinski definition) is 5. The van der Waals surface area contributed by atoms with Crippen molar-refractivity contribution in [1.29, 1.82) is 0 Å². The zero-order valence-corrected chi connectivity index (χ0v) is 14.6. The van der Waals surface area contributed by atoms with Crippen molar-refractivity contribution in [1.82, 2.24) is 10.2 Å². The van der Waals surface area contributed by atoms with Crippen LogP contribution in [0.3, 0.4) is 0 Å². The highest BCUT2D eigenvalue weighted by Gasteiger charge is 2.16. The zero-order chi connectivity index (χ0) is 17.8. The van der Waals surface area contributed by atoms with Crippen molar-refractivity contribution in [2.75, 3.05) is 33.1 Å². The molecule has 4 rings (SSSR count). The van der Waals surface area contributed by atoms with Gasteiger partial charge in [-0.1, -0.05) is 24.3 Å². The molecule has 2 aromatic carbocycles. The maximum atomic E-state index is 12.3. The molecule has 1 fully saturated rings. The quantitative estimate of drug-likeness (QED) is 0.892. The fraction of sp³-hybridized carbons (Fsp3) is 0.350. The van der Waals surface area contributed by atoms with Gasteiger partial charge in [0.2, 0.25) is 6.79 Å². The summed E-state index contributed by atoms with van der Waals surface area (Å²) in [4.78, 5) is 14.7. The minimum atomic E-state index is -0.124. The third-order valence-electron chi connectivity index (χ3n) is 4.62. The summed E-state index contributed by atoms with van der Waals surface area (Å²) in [7, 11) is 0. The summed E-state index contributed by atoms with van der Waals surface area (Å²) in [5, 5.41) is 2.95. The predicted octanol–water partition coefficient (Wildman–Crippen LogP) is 2.18. The average molecular weight is 354 g/mol. The standard InChI is InChI=1S/C20H22N2O4/c23-20(17-5-6-18-19(11-17)26-14-25-18)21-12-15-1-3-16(4-2-15)13-22-7-9-24-10-8-22/h1-6,11H,7-10,12-14H2,(H,21,23). The van der Waals surface area contributed by atoms with Gasteiger partial charge >= 0.3 is 0 Å². The van der Waals surface area contributed by atoms with Crippen molar-refractivity contribution in [3.05, 3.63) is 59.2 Å². The van der Waals surface area contributed by atoms with E-state index >= 15 is 0 Å². The number of ether oxygens (including phenoxy) is 3. The number of rotatable bonds is 5. The SMILES string of the molecule is O=C(NCc1ccc(CN2CCOCC2)cc1)c1ccc2c(c1)OCO2. The first-order valence-electron chi connectivity index (χ1n) is 8.84. The lowest BCUT2D eigenvalue weighted by Crippen LogP contribution is -2.35. The molecule has 2 heterocycles. The molecule has 26 heavy (non-hydrogen) atoms. The van der Waals surface area contributed by atoms with E-state index in [0.717, 1.165) is 38.4 Å². The fourth-order valence-electron chi connectivity index (χ4n) is 3.10. The molecule has 6 nitrogen and oxygen atoms in total. The van der Waals surface area contributed by atoms with E-state index in [1.807, 2.05) is 0 Å². The molecule has 136 valence electrons. The molecule has 1 amide bonds. The van der Waals surface area contributed by atoms with Crippen LogP contribution in [0.2, 0.25) is 0 Å². The number of benzene rings is 2. The van der Waals surface area contributed by atoms with Gasteiger partial charge in [0, 0.05) is 31.7 Å². The first-order valence-corrected chi connectivity index (χ1v) is 8.84. The third kappa shape index (κ3) is 3.98. The highest BCUT2D eigenvalue weighted by molar-refractivity contribution is 5.94. The Hall–Kier alpha value is -2.57. The molecule has 0 atom stereocenters. The lowest BCUT2D eigenvalue weighted by Gasteiger charge is -2.26. The Labute approximate surface area is 152 Å². The fourth-order valence-corrected chi connectivity index (χ4v) is 3.10. The molecule has 0 radical (unpaired) electrons. The van der Waals surface area contributed by atoms with E-state index in [1.165, 1.54) is 5.56 Å². The minimum Gasteiger partial charge on any atom is -0.454 e. The molecule has 6 heteroatoms. The minimum absolute atomic E-state index is 0.124. The van der Waals surface area contributed by atoms with Crippen molar-refractivity contribution in [3.63, 3.8) is 0 Å². The number of nitrogens with zero attached hydrogens (tertiary/aromatic N) is 1. The molecule has 0 aliphatic carbocycles. The first kappa shape index (κ1) is 16.9. The van der Waals surface area contributed by atoms with E-state index < -0.39 is 0 Å². The summed E-state index contributed by atoms with van der Waals surface area (Å²) in [6, 6.07) is 13.6. The lowest BCUT2D eigenvalue weighted by molar-refractivity contribution is 0.0342. The number of hydrogen-bond donors (Lipinski definition) is 1. The number of morpholine rings is 1.